The van der Waals surface area contributed by atoms with E-state index in [0.29, 0.717) is 5.91 Å². The second-order valence-corrected chi connectivity index (χ2v) is 9.20. The first kappa shape index (κ1) is 31.3. The standard InChI is InChI=1S/C19H27N3O2.2C2HF3O2/c23-18-19(7-10-22(18)17-3-1-8-20-13-17)6-2-9-21(15-19)14-16-4-11-24-12-5-16;2*3-2(4,5)1(6)7/h1,3,8,13,16H,2,4-7,9-12,14-15H2;2*(H,6,7). The van der Waals surface area contributed by atoms with Crippen LogP contribution in [0.25, 0.3) is 0 Å². The molecule has 1 aromatic rings. The third-order valence-corrected chi connectivity index (χ3v) is 6.47. The molecule has 0 bridgehead atoms. The molecule has 3 aliphatic heterocycles. The van der Waals surface area contributed by atoms with Gasteiger partial charge in [0.15, 0.2) is 0 Å². The zero-order valence-electron chi connectivity index (χ0n) is 20.3. The molecule has 1 aromatic heterocycles. The number of likely N-dealkylation sites (tertiary alicyclic amines) is 1. The molecule has 1 amide bonds. The van der Waals surface area contributed by atoms with Gasteiger partial charge in [-0.25, -0.2) is 9.59 Å². The quantitative estimate of drug-likeness (QED) is 0.542. The highest BCUT2D eigenvalue weighted by molar-refractivity contribution is 6.00. The number of pyridine rings is 1. The number of carbonyl (C=O) groups excluding carboxylic acids is 1. The fourth-order valence-electron chi connectivity index (χ4n) is 4.64. The summed E-state index contributed by atoms with van der Waals surface area (Å²) in [6, 6.07) is 3.90. The molecule has 0 saturated carbocycles. The van der Waals surface area contributed by atoms with Crippen molar-refractivity contribution in [2.45, 2.75) is 44.5 Å². The number of alkyl halides is 6. The number of carbonyl (C=O) groups is 3. The number of ether oxygens (including phenoxy) is 1. The average Bonchev–Trinajstić information content (AvgIpc) is 3.15. The number of carboxylic acids is 2. The summed E-state index contributed by atoms with van der Waals surface area (Å²) in [6.07, 6.45) is -1.12. The van der Waals surface area contributed by atoms with Gasteiger partial charge in [0.1, 0.15) is 0 Å². The first-order chi connectivity index (χ1) is 17.7. The fourth-order valence-corrected chi connectivity index (χ4v) is 4.64. The fraction of sp³-hybridized carbons (Fsp3) is 0.652. The summed E-state index contributed by atoms with van der Waals surface area (Å²) in [7, 11) is 0. The number of rotatable bonds is 3. The number of anilines is 1. The molecule has 0 aliphatic carbocycles. The molecule has 0 radical (unpaired) electrons. The summed E-state index contributed by atoms with van der Waals surface area (Å²) in [5.41, 5.74) is 0.778. The van der Waals surface area contributed by atoms with Crippen LogP contribution in [-0.4, -0.2) is 89.7 Å². The van der Waals surface area contributed by atoms with Crippen LogP contribution in [-0.2, 0) is 19.1 Å². The van der Waals surface area contributed by atoms with Gasteiger partial charge in [0, 0.05) is 39.0 Å². The third-order valence-electron chi connectivity index (χ3n) is 6.47. The molecular weight excluding hydrogens is 528 g/mol. The Balaban J connectivity index is 0.000000301. The third kappa shape index (κ3) is 9.11. The topological polar surface area (TPSA) is 120 Å². The number of piperidine rings is 1. The van der Waals surface area contributed by atoms with Crippen LogP contribution in [0.4, 0.5) is 32.0 Å². The van der Waals surface area contributed by atoms with E-state index in [-0.39, 0.29) is 5.41 Å². The van der Waals surface area contributed by atoms with Gasteiger partial charge in [-0.05, 0) is 56.7 Å². The number of amides is 1. The number of halogens is 6. The highest BCUT2D eigenvalue weighted by Gasteiger charge is 2.49. The van der Waals surface area contributed by atoms with Crippen molar-refractivity contribution in [3.8, 4) is 0 Å². The molecule has 3 fully saturated rings. The smallest absolute Gasteiger partial charge is 0.475 e. The van der Waals surface area contributed by atoms with Crippen LogP contribution in [0.2, 0.25) is 0 Å². The summed E-state index contributed by atoms with van der Waals surface area (Å²) < 4.78 is 68.9. The Morgan fingerprint density at radius 3 is 2.11 bits per heavy atom. The lowest BCUT2D eigenvalue weighted by atomic mass is 9.78. The van der Waals surface area contributed by atoms with E-state index in [1.54, 1.807) is 12.4 Å². The van der Waals surface area contributed by atoms with Crippen LogP contribution in [0, 0.1) is 11.3 Å². The Bertz CT molecular complexity index is 916. The first-order valence-corrected chi connectivity index (χ1v) is 11.8. The van der Waals surface area contributed by atoms with Crippen molar-refractivity contribution in [1.29, 1.82) is 0 Å². The molecule has 1 atom stereocenters. The number of aliphatic carboxylic acids is 2. The van der Waals surface area contributed by atoms with Crippen LogP contribution < -0.4 is 4.90 Å². The Kier molecular flexibility index (Phi) is 10.9. The monoisotopic (exact) mass is 557 g/mol. The number of nitrogens with zero attached hydrogens (tertiary/aromatic N) is 3. The van der Waals surface area contributed by atoms with Crippen LogP contribution in [0.1, 0.15) is 32.1 Å². The number of aromatic nitrogens is 1. The van der Waals surface area contributed by atoms with Crippen molar-refractivity contribution in [1.82, 2.24) is 9.88 Å². The lowest BCUT2D eigenvalue weighted by Crippen LogP contribution is -2.49. The van der Waals surface area contributed by atoms with Crippen molar-refractivity contribution in [3.63, 3.8) is 0 Å². The molecule has 38 heavy (non-hydrogen) atoms. The van der Waals surface area contributed by atoms with Crippen LogP contribution in [0.3, 0.4) is 0 Å². The van der Waals surface area contributed by atoms with E-state index in [4.69, 9.17) is 24.5 Å². The lowest BCUT2D eigenvalue weighted by Gasteiger charge is -2.40. The van der Waals surface area contributed by atoms with E-state index in [2.05, 4.69) is 9.88 Å². The zero-order valence-corrected chi connectivity index (χ0v) is 20.3. The van der Waals surface area contributed by atoms with Gasteiger partial charge in [0.2, 0.25) is 5.91 Å². The Hall–Kier alpha value is -2.94. The van der Waals surface area contributed by atoms with Crippen molar-refractivity contribution in [2.24, 2.45) is 11.3 Å². The molecule has 3 aliphatic rings. The van der Waals surface area contributed by atoms with Crippen LogP contribution >= 0.6 is 0 Å². The minimum atomic E-state index is -5.08. The summed E-state index contributed by atoms with van der Waals surface area (Å²) in [6.45, 7) is 5.83. The molecule has 1 unspecified atom stereocenters. The molecule has 1 spiro atoms. The molecule has 0 aromatic carbocycles. The molecule has 4 rings (SSSR count). The van der Waals surface area contributed by atoms with Crippen molar-refractivity contribution >= 4 is 23.5 Å². The Labute approximate surface area is 214 Å². The minimum absolute atomic E-state index is 0.167. The predicted octanol–water partition coefficient (Wildman–Crippen LogP) is 3.59. The lowest BCUT2D eigenvalue weighted by molar-refractivity contribution is -0.193. The van der Waals surface area contributed by atoms with Crippen molar-refractivity contribution in [2.75, 3.05) is 44.3 Å². The van der Waals surface area contributed by atoms with Crippen LogP contribution in [0.5, 0.6) is 0 Å². The first-order valence-electron chi connectivity index (χ1n) is 11.8. The van der Waals surface area contributed by atoms with Gasteiger partial charge in [-0.1, -0.05) is 0 Å². The SMILES string of the molecule is O=C(O)C(F)(F)F.O=C(O)C(F)(F)F.O=C1N(c2cccnc2)CCC12CCCN(CC1CCOCC1)C2. The minimum Gasteiger partial charge on any atom is -0.475 e. The van der Waals surface area contributed by atoms with Gasteiger partial charge in [-0.2, -0.15) is 26.3 Å². The second kappa shape index (κ2) is 13.2. The van der Waals surface area contributed by atoms with Gasteiger partial charge in [0.05, 0.1) is 17.3 Å². The van der Waals surface area contributed by atoms with Crippen molar-refractivity contribution < 1.29 is 55.7 Å². The predicted molar refractivity (Wildman–Crippen MR) is 120 cm³/mol. The highest BCUT2D eigenvalue weighted by Crippen LogP contribution is 2.42. The molecule has 9 nitrogen and oxygen atoms in total. The van der Waals surface area contributed by atoms with Gasteiger partial charge in [-0.3, -0.25) is 9.78 Å². The number of hydrogen-bond donors (Lipinski definition) is 2. The van der Waals surface area contributed by atoms with Gasteiger partial charge >= 0.3 is 24.3 Å². The summed E-state index contributed by atoms with van der Waals surface area (Å²) in [5.74, 6) is -4.47. The summed E-state index contributed by atoms with van der Waals surface area (Å²) >= 11 is 0. The Morgan fingerprint density at radius 2 is 1.61 bits per heavy atom. The molecule has 3 saturated heterocycles. The van der Waals surface area contributed by atoms with E-state index in [0.717, 1.165) is 70.3 Å². The maximum absolute atomic E-state index is 13.2. The maximum Gasteiger partial charge on any atom is 0.490 e. The molecular formula is C23H29F6N3O6. The summed E-state index contributed by atoms with van der Waals surface area (Å²) in [4.78, 5) is 39.6. The van der Waals surface area contributed by atoms with E-state index in [1.807, 2.05) is 17.0 Å². The zero-order chi connectivity index (χ0) is 28.6. The van der Waals surface area contributed by atoms with E-state index < -0.39 is 24.3 Å². The van der Waals surface area contributed by atoms with Crippen LogP contribution in [0.15, 0.2) is 24.5 Å². The molecule has 4 heterocycles. The highest BCUT2D eigenvalue weighted by atomic mass is 19.4. The average molecular weight is 557 g/mol. The second-order valence-electron chi connectivity index (χ2n) is 9.20. The Morgan fingerprint density at radius 1 is 1.03 bits per heavy atom. The van der Waals surface area contributed by atoms with E-state index in [9.17, 15) is 31.1 Å². The normalized spacial score (nSPS) is 22.8. The molecule has 15 heteroatoms. The molecule has 214 valence electrons. The van der Waals surface area contributed by atoms with E-state index >= 15 is 0 Å². The summed E-state index contributed by atoms with van der Waals surface area (Å²) in [5, 5.41) is 14.2. The maximum atomic E-state index is 13.2. The number of hydrogen-bond acceptors (Lipinski definition) is 6. The van der Waals surface area contributed by atoms with Crippen molar-refractivity contribution in [3.05, 3.63) is 24.5 Å². The number of carboxylic acid groups (broad SMARTS) is 2. The van der Waals surface area contributed by atoms with Gasteiger partial charge in [0.25, 0.3) is 0 Å². The molecule has 2 N–H and O–H groups in total. The van der Waals surface area contributed by atoms with E-state index in [1.165, 1.54) is 12.8 Å². The van der Waals surface area contributed by atoms with Gasteiger partial charge in [-0.15, -0.1) is 0 Å². The van der Waals surface area contributed by atoms with Gasteiger partial charge < -0.3 is 24.7 Å². The largest absolute Gasteiger partial charge is 0.490 e.